The van der Waals surface area contributed by atoms with Gasteiger partial charge in [-0.05, 0) is 30.5 Å². The van der Waals surface area contributed by atoms with E-state index in [0.29, 0.717) is 11.6 Å². The molecule has 0 fully saturated rings. The second-order valence-electron chi connectivity index (χ2n) is 5.87. The lowest BCUT2D eigenvalue weighted by Crippen LogP contribution is -2.09. The van der Waals surface area contributed by atoms with E-state index >= 15 is 0 Å². The van der Waals surface area contributed by atoms with E-state index in [1.807, 2.05) is 37.3 Å². The van der Waals surface area contributed by atoms with E-state index in [4.69, 9.17) is 11.6 Å². The number of hydrogen-bond acceptors (Lipinski definition) is 3. The largest absolute Gasteiger partial charge is 0.493 e. The third-order valence-corrected chi connectivity index (χ3v) is 4.02. The second kappa shape index (κ2) is 5.61. The summed E-state index contributed by atoms with van der Waals surface area (Å²) in [5.74, 6) is 0.584. The topological polar surface area (TPSA) is 50.4 Å². The SMILES string of the molecule is Cc1cc(O)n2nc(C(c3ccc(Cl)cc3)C(C)C)cc2n1. The minimum Gasteiger partial charge on any atom is -0.493 e. The molecule has 1 aromatic carbocycles. The number of fused-ring (bicyclic) bond motifs is 1. The molecule has 5 heteroatoms. The third kappa shape index (κ3) is 2.66. The number of aromatic nitrogens is 3. The number of benzene rings is 1. The first-order valence-electron chi connectivity index (χ1n) is 7.27. The van der Waals surface area contributed by atoms with Crippen molar-refractivity contribution in [1.82, 2.24) is 14.6 Å². The number of rotatable bonds is 3. The van der Waals surface area contributed by atoms with E-state index in [1.165, 1.54) is 4.52 Å². The lowest BCUT2D eigenvalue weighted by Gasteiger charge is -2.19. The van der Waals surface area contributed by atoms with Gasteiger partial charge in [-0.3, -0.25) is 0 Å². The summed E-state index contributed by atoms with van der Waals surface area (Å²) in [6, 6.07) is 11.4. The zero-order valence-electron chi connectivity index (χ0n) is 12.8. The van der Waals surface area contributed by atoms with Crippen molar-refractivity contribution < 1.29 is 5.11 Å². The molecule has 0 bridgehead atoms. The van der Waals surface area contributed by atoms with Crippen molar-refractivity contribution in [2.24, 2.45) is 5.92 Å². The van der Waals surface area contributed by atoms with Gasteiger partial charge in [-0.2, -0.15) is 9.61 Å². The Kier molecular flexibility index (Phi) is 3.79. The number of nitrogens with zero attached hydrogens (tertiary/aromatic N) is 3. The number of hydrogen-bond donors (Lipinski definition) is 1. The Labute approximate surface area is 134 Å². The summed E-state index contributed by atoms with van der Waals surface area (Å²) in [6.07, 6.45) is 0. The van der Waals surface area contributed by atoms with Crippen LogP contribution in [0.1, 0.15) is 36.7 Å². The van der Waals surface area contributed by atoms with Crippen LogP contribution >= 0.6 is 11.6 Å². The molecule has 0 spiro atoms. The molecule has 1 N–H and O–H groups in total. The molecule has 0 amide bonds. The van der Waals surface area contributed by atoms with Crippen LogP contribution in [0.4, 0.5) is 0 Å². The highest BCUT2D eigenvalue weighted by Gasteiger charge is 2.22. The molecule has 0 radical (unpaired) electrons. The molecule has 1 unspecified atom stereocenters. The lowest BCUT2D eigenvalue weighted by atomic mass is 9.86. The lowest BCUT2D eigenvalue weighted by molar-refractivity contribution is 0.432. The molecule has 2 heterocycles. The van der Waals surface area contributed by atoms with Gasteiger partial charge in [0.05, 0.1) is 5.69 Å². The third-order valence-electron chi connectivity index (χ3n) is 3.77. The minimum atomic E-state index is 0.104. The van der Waals surface area contributed by atoms with Gasteiger partial charge in [-0.15, -0.1) is 0 Å². The fraction of sp³-hybridized carbons (Fsp3) is 0.294. The molecule has 114 valence electrons. The molecule has 3 rings (SSSR count). The zero-order chi connectivity index (χ0) is 15.9. The quantitative estimate of drug-likeness (QED) is 0.788. The number of halogens is 1. The summed E-state index contributed by atoms with van der Waals surface area (Å²) in [4.78, 5) is 4.43. The van der Waals surface area contributed by atoms with E-state index in [1.54, 1.807) is 6.07 Å². The molecule has 4 nitrogen and oxygen atoms in total. The van der Waals surface area contributed by atoms with Crippen LogP contribution in [-0.2, 0) is 0 Å². The molecular weight excluding hydrogens is 298 g/mol. The van der Waals surface area contributed by atoms with E-state index in [9.17, 15) is 5.11 Å². The first-order chi connectivity index (χ1) is 10.5. The van der Waals surface area contributed by atoms with Gasteiger partial charge in [0.15, 0.2) is 5.65 Å². The summed E-state index contributed by atoms with van der Waals surface area (Å²) in [5.41, 5.74) is 3.47. The van der Waals surface area contributed by atoms with Crippen LogP contribution in [0.5, 0.6) is 5.88 Å². The van der Waals surface area contributed by atoms with Crippen molar-refractivity contribution in [2.45, 2.75) is 26.7 Å². The first kappa shape index (κ1) is 14.9. The van der Waals surface area contributed by atoms with Crippen LogP contribution in [-0.4, -0.2) is 19.7 Å². The van der Waals surface area contributed by atoms with E-state index in [-0.39, 0.29) is 11.8 Å². The fourth-order valence-corrected chi connectivity index (χ4v) is 2.94. The van der Waals surface area contributed by atoms with Gasteiger partial charge in [0.1, 0.15) is 0 Å². The van der Waals surface area contributed by atoms with Crippen LogP contribution in [0.3, 0.4) is 0 Å². The van der Waals surface area contributed by atoms with Gasteiger partial charge in [0.25, 0.3) is 0 Å². The van der Waals surface area contributed by atoms with Gasteiger partial charge < -0.3 is 5.11 Å². The van der Waals surface area contributed by atoms with Crippen LogP contribution in [0.25, 0.3) is 5.65 Å². The summed E-state index contributed by atoms with van der Waals surface area (Å²) in [7, 11) is 0. The Hall–Kier alpha value is -2.07. The van der Waals surface area contributed by atoms with Crippen molar-refractivity contribution in [1.29, 1.82) is 0 Å². The maximum absolute atomic E-state index is 10.0. The summed E-state index contributed by atoms with van der Waals surface area (Å²) >= 11 is 5.98. The molecule has 0 aliphatic heterocycles. The van der Waals surface area contributed by atoms with Crippen LogP contribution < -0.4 is 0 Å². The highest BCUT2D eigenvalue weighted by atomic mass is 35.5. The standard InChI is InChI=1S/C17H18ClN3O/c1-10(2)17(12-4-6-13(18)7-5-12)14-9-15-19-11(3)8-16(22)21(15)20-14/h4-10,17,22H,1-3H3. The Bertz CT molecular complexity index is 809. The monoisotopic (exact) mass is 315 g/mol. The number of aryl methyl sites for hydroxylation is 1. The van der Waals surface area contributed by atoms with Gasteiger partial charge in [-0.1, -0.05) is 37.6 Å². The van der Waals surface area contributed by atoms with Crippen molar-refractivity contribution in [3.8, 4) is 5.88 Å². The normalized spacial score (nSPS) is 13.0. The first-order valence-corrected chi connectivity index (χ1v) is 7.65. The smallest absolute Gasteiger partial charge is 0.215 e. The van der Waals surface area contributed by atoms with Crippen LogP contribution in [0.15, 0.2) is 36.4 Å². The van der Waals surface area contributed by atoms with Gasteiger partial charge in [-0.25, -0.2) is 4.98 Å². The summed E-state index contributed by atoms with van der Waals surface area (Å²) in [6.45, 7) is 6.16. The highest BCUT2D eigenvalue weighted by molar-refractivity contribution is 6.30. The molecule has 0 saturated heterocycles. The molecule has 0 saturated carbocycles. The van der Waals surface area contributed by atoms with Crippen molar-refractivity contribution >= 4 is 17.2 Å². The van der Waals surface area contributed by atoms with Crippen LogP contribution in [0.2, 0.25) is 5.02 Å². The Balaban J connectivity index is 2.13. The average molecular weight is 316 g/mol. The summed E-state index contributed by atoms with van der Waals surface area (Å²) in [5, 5.41) is 15.3. The molecule has 3 aromatic rings. The van der Waals surface area contributed by atoms with Gasteiger partial charge >= 0.3 is 0 Å². The fourth-order valence-electron chi connectivity index (χ4n) is 2.82. The maximum Gasteiger partial charge on any atom is 0.215 e. The molecule has 1 atom stereocenters. The Morgan fingerprint density at radius 2 is 1.82 bits per heavy atom. The van der Waals surface area contributed by atoms with Gasteiger partial charge in [0.2, 0.25) is 5.88 Å². The second-order valence-corrected chi connectivity index (χ2v) is 6.30. The van der Waals surface area contributed by atoms with Crippen molar-refractivity contribution in [3.63, 3.8) is 0 Å². The van der Waals surface area contributed by atoms with E-state index < -0.39 is 0 Å². The zero-order valence-corrected chi connectivity index (χ0v) is 13.5. The molecule has 22 heavy (non-hydrogen) atoms. The predicted molar refractivity (Wildman–Crippen MR) is 87.5 cm³/mol. The average Bonchev–Trinajstić information content (AvgIpc) is 2.84. The molecule has 0 aliphatic rings. The van der Waals surface area contributed by atoms with E-state index in [2.05, 4.69) is 23.9 Å². The van der Waals surface area contributed by atoms with Crippen LogP contribution in [0, 0.1) is 12.8 Å². The van der Waals surface area contributed by atoms with Gasteiger partial charge in [0, 0.05) is 28.8 Å². The van der Waals surface area contributed by atoms with Crippen molar-refractivity contribution in [2.75, 3.05) is 0 Å². The van der Waals surface area contributed by atoms with Crippen molar-refractivity contribution in [3.05, 3.63) is 58.4 Å². The molecule has 0 aliphatic carbocycles. The maximum atomic E-state index is 10.0. The molecule has 2 aromatic heterocycles. The van der Waals surface area contributed by atoms with E-state index in [0.717, 1.165) is 22.0 Å². The highest BCUT2D eigenvalue weighted by Crippen LogP contribution is 2.32. The Morgan fingerprint density at radius 3 is 2.45 bits per heavy atom. The Morgan fingerprint density at radius 1 is 1.14 bits per heavy atom. The summed E-state index contributed by atoms with van der Waals surface area (Å²) < 4.78 is 1.48. The minimum absolute atomic E-state index is 0.104. The predicted octanol–water partition coefficient (Wildman–Crippen LogP) is 4.18. The number of aromatic hydroxyl groups is 1. The molecular formula is C17H18ClN3O.